The molecule has 6 heteroatoms. The number of ether oxygens (including phenoxy) is 1. The van der Waals surface area contributed by atoms with Gasteiger partial charge in [-0.15, -0.1) is 11.3 Å². The Morgan fingerprint density at radius 3 is 2.65 bits per heavy atom. The lowest BCUT2D eigenvalue weighted by Crippen LogP contribution is -2.34. The van der Waals surface area contributed by atoms with E-state index in [1.807, 2.05) is 5.38 Å². The van der Waals surface area contributed by atoms with Crippen molar-refractivity contribution in [3.8, 4) is 5.75 Å². The van der Waals surface area contributed by atoms with Gasteiger partial charge in [0.1, 0.15) is 5.75 Å². The van der Waals surface area contributed by atoms with Crippen LogP contribution in [0, 0.1) is 0 Å². The third-order valence-electron chi connectivity index (χ3n) is 2.91. The fraction of sp³-hybridized carbons (Fsp3) is 0.143. The average Bonchev–Trinajstić information content (AvgIpc) is 2.90. The third kappa shape index (κ3) is 2.43. The zero-order valence-electron chi connectivity index (χ0n) is 9.95. The van der Waals surface area contributed by atoms with Crippen molar-refractivity contribution in [3.05, 3.63) is 57.3 Å². The van der Waals surface area contributed by atoms with E-state index in [1.54, 1.807) is 18.2 Å². The minimum Gasteiger partial charge on any atom is -0.476 e. The molecule has 0 saturated carbocycles. The van der Waals surface area contributed by atoms with Crippen LogP contribution in [-0.2, 0) is 0 Å². The van der Waals surface area contributed by atoms with E-state index in [9.17, 15) is 13.2 Å². The molecular weight excluding hydrogens is 309 g/mol. The van der Waals surface area contributed by atoms with E-state index in [2.05, 4.69) is 0 Å². The topological polar surface area (TPSA) is 9.23 Å². The van der Waals surface area contributed by atoms with Crippen LogP contribution in [-0.4, -0.2) is 12.3 Å². The van der Waals surface area contributed by atoms with E-state index in [1.165, 1.54) is 23.5 Å². The first-order chi connectivity index (χ1) is 9.45. The second-order valence-electron chi connectivity index (χ2n) is 4.28. The molecule has 1 aliphatic rings. The van der Waals surface area contributed by atoms with Crippen LogP contribution in [0.5, 0.6) is 5.75 Å². The number of halogens is 4. The van der Waals surface area contributed by atoms with Gasteiger partial charge in [-0.2, -0.15) is 13.2 Å². The maximum Gasteiger partial charge on any atom is 0.429 e. The third-order valence-corrected chi connectivity index (χ3v) is 4.05. The molecule has 1 nitrogen and oxygen atoms in total. The molecule has 0 N–H and O–H groups in total. The molecule has 1 atom stereocenters. The van der Waals surface area contributed by atoms with E-state index in [-0.39, 0.29) is 5.75 Å². The van der Waals surface area contributed by atoms with E-state index in [4.69, 9.17) is 16.3 Å². The summed E-state index contributed by atoms with van der Waals surface area (Å²) in [5.74, 6) is 0.197. The van der Waals surface area contributed by atoms with Gasteiger partial charge in [-0.25, -0.2) is 0 Å². The van der Waals surface area contributed by atoms with Gasteiger partial charge in [0.05, 0.1) is 0 Å². The van der Waals surface area contributed by atoms with Crippen molar-refractivity contribution in [2.24, 2.45) is 0 Å². The first-order valence-electron chi connectivity index (χ1n) is 5.74. The normalized spacial score (nSPS) is 18.2. The quantitative estimate of drug-likeness (QED) is 0.706. The molecule has 1 aliphatic heterocycles. The summed E-state index contributed by atoms with van der Waals surface area (Å²) < 4.78 is 43.8. The fourth-order valence-electron chi connectivity index (χ4n) is 2.04. The maximum atomic E-state index is 12.9. The first kappa shape index (κ1) is 13.5. The van der Waals surface area contributed by atoms with Gasteiger partial charge >= 0.3 is 6.18 Å². The summed E-state index contributed by atoms with van der Waals surface area (Å²) in [6.07, 6.45) is -5.28. The van der Waals surface area contributed by atoms with Gasteiger partial charge in [-0.1, -0.05) is 17.7 Å². The van der Waals surface area contributed by atoms with Crippen LogP contribution < -0.4 is 4.74 Å². The summed E-state index contributed by atoms with van der Waals surface area (Å²) in [6, 6.07) is 8.18. The van der Waals surface area contributed by atoms with Gasteiger partial charge in [-0.3, -0.25) is 0 Å². The zero-order chi connectivity index (χ0) is 14.3. The van der Waals surface area contributed by atoms with Crippen molar-refractivity contribution < 1.29 is 17.9 Å². The molecule has 0 aliphatic carbocycles. The fourth-order valence-corrected chi connectivity index (χ4v) is 2.97. The van der Waals surface area contributed by atoms with Gasteiger partial charge in [0, 0.05) is 21.0 Å². The molecule has 2 aromatic rings. The summed E-state index contributed by atoms with van der Waals surface area (Å²) in [6.45, 7) is 0. The van der Waals surface area contributed by atoms with Crippen LogP contribution in [0.25, 0.3) is 5.57 Å². The Balaban J connectivity index is 2.16. The second-order valence-corrected chi connectivity index (χ2v) is 5.66. The molecule has 1 unspecified atom stereocenters. The predicted molar refractivity (Wildman–Crippen MR) is 73.3 cm³/mol. The van der Waals surface area contributed by atoms with Crippen LogP contribution in [0.2, 0.25) is 5.02 Å². The minimum absolute atomic E-state index is 0.197. The van der Waals surface area contributed by atoms with Gasteiger partial charge in [-0.05, 0) is 35.7 Å². The van der Waals surface area contributed by atoms with E-state index in [0.29, 0.717) is 16.2 Å². The van der Waals surface area contributed by atoms with Crippen molar-refractivity contribution in [1.29, 1.82) is 0 Å². The van der Waals surface area contributed by atoms with E-state index < -0.39 is 12.3 Å². The molecule has 3 rings (SSSR count). The summed E-state index contributed by atoms with van der Waals surface area (Å²) >= 11 is 7.31. The molecule has 20 heavy (non-hydrogen) atoms. The predicted octanol–water partition coefficient (Wildman–Crippen LogP) is 5.16. The number of benzene rings is 1. The number of hydrogen-bond donors (Lipinski definition) is 0. The van der Waals surface area contributed by atoms with Gasteiger partial charge in [0.15, 0.2) is 0 Å². The lowest BCUT2D eigenvalue weighted by molar-refractivity contribution is -0.180. The number of thiophene rings is 1. The Hall–Kier alpha value is -1.46. The highest BCUT2D eigenvalue weighted by molar-refractivity contribution is 7.11. The van der Waals surface area contributed by atoms with Crippen LogP contribution in [0.4, 0.5) is 13.2 Å². The van der Waals surface area contributed by atoms with Crippen LogP contribution >= 0.6 is 22.9 Å². The highest BCUT2D eigenvalue weighted by Crippen LogP contribution is 2.42. The molecule has 0 bridgehead atoms. The highest BCUT2D eigenvalue weighted by atomic mass is 35.5. The SMILES string of the molecule is FC(F)(F)C1C=C(c2cccs2)c2cc(Cl)ccc2O1. The Morgan fingerprint density at radius 2 is 2.00 bits per heavy atom. The number of rotatable bonds is 1. The summed E-state index contributed by atoms with van der Waals surface area (Å²) in [7, 11) is 0. The van der Waals surface area contributed by atoms with Gasteiger partial charge in [0.25, 0.3) is 0 Å². The van der Waals surface area contributed by atoms with Crippen molar-refractivity contribution >= 4 is 28.5 Å². The Kier molecular flexibility index (Phi) is 3.26. The lowest BCUT2D eigenvalue weighted by Gasteiger charge is -2.26. The molecule has 0 fully saturated rings. The molecule has 104 valence electrons. The average molecular weight is 317 g/mol. The minimum atomic E-state index is -4.44. The Morgan fingerprint density at radius 1 is 1.20 bits per heavy atom. The van der Waals surface area contributed by atoms with E-state index in [0.717, 1.165) is 11.0 Å². The molecule has 1 aromatic heterocycles. The van der Waals surface area contributed by atoms with Crippen molar-refractivity contribution in [2.75, 3.05) is 0 Å². The van der Waals surface area contributed by atoms with Crippen LogP contribution in [0.15, 0.2) is 41.8 Å². The smallest absolute Gasteiger partial charge is 0.429 e. The lowest BCUT2D eigenvalue weighted by atomic mass is 9.98. The first-order valence-corrected chi connectivity index (χ1v) is 7.00. The molecule has 0 amide bonds. The molecule has 0 saturated heterocycles. The van der Waals surface area contributed by atoms with Gasteiger partial charge in [0.2, 0.25) is 6.10 Å². The van der Waals surface area contributed by atoms with Crippen LogP contribution in [0.1, 0.15) is 10.4 Å². The highest BCUT2D eigenvalue weighted by Gasteiger charge is 2.43. The summed E-state index contributed by atoms with van der Waals surface area (Å²) in [5.41, 5.74) is 1.09. The number of fused-ring (bicyclic) bond motifs is 1. The van der Waals surface area contributed by atoms with Gasteiger partial charge < -0.3 is 4.74 Å². The summed E-state index contributed by atoms with van der Waals surface area (Å²) in [5, 5.41) is 2.28. The van der Waals surface area contributed by atoms with E-state index >= 15 is 0 Å². The monoisotopic (exact) mass is 316 g/mol. The standard InChI is InChI=1S/C14H8ClF3OS/c15-8-3-4-11-9(6-8)10(12-2-1-5-20-12)7-13(19-11)14(16,17)18/h1-7,13H. The van der Waals surface area contributed by atoms with Crippen LogP contribution in [0.3, 0.4) is 0 Å². The Bertz CT molecular complexity index is 662. The molecular formula is C14H8ClF3OS. The largest absolute Gasteiger partial charge is 0.476 e. The Labute approximate surface area is 122 Å². The molecule has 1 aromatic carbocycles. The number of hydrogen-bond acceptors (Lipinski definition) is 2. The van der Waals surface area contributed by atoms with Crippen molar-refractivity contribution in [3.63, 3.8) is 0 Å². The maximum absolute atomic E-state index is 12.9. The van der Waals surface area contributed by atoms with Crippen molar-refractivity contribution in [1.82, 2.24) is 0 Å². The number of alkyl halides is 3. The molecule has 0 spiro atoms. The summed E-state index contributed by atoms with van der Waals surface area (Å²) in [4.78, 5) is 0.756. The second kappa shape index (κ2) is 4.82. The molecule has 0 radical (unpaired) electrons. The molecule has 2 heterocycles. The van der Waals surface area contributed by atoms with Crippen molar-refractivity contribution in [2.45, 2.75) is 12.3 Å². The zero-order valence-corrected chi connectivity index (χ0v) is 11.5.